The molecule has 5 heteroatoms. The van der Waals surface area contributed by atoms with Crippen molar-refractivity contribution in [3.8, 4) is 0 Å². The molecule has 0 aromatic rings. The monoisotopic (exact) mass is 386 g/mol. The second-order valence-corrected chi connectivity index (χ2v) is 10.0. The van der Waals surface area contributed by atoms with Gasteiger partial charge in [-0.1, -0.05) is 37.6 Å². The number of nitrogens with zero attached hydrogens (tertiary/aromatic N) is 1. The number of aliphatic hydroxyl groups is 1. The highest BCUT2D eigenvalue weighted by Gasteiger charge is 2.62. The van der Waals surface area contributed by atoms with Crippen LogP contribution in [0.1, 0.15) is 46.5 Å². The number of rotatable bonds is 3. The summed E-state index contributed by atoms with van der Waals surface area (Å²) in [6.45, 7) is 7.23. The third-order valence-electron chi connectivity index (χ3n) is 8.66. The quantitative estimate of drug-likeness (QED) is 0.388. The molecule has 0 spiro atoms. The van der Waals surface area contributed by atoms with E-state index in [0.717, 1.165) is 25.7 Å². The summed E-state index contributed by atoms with van der Waals surface area (Å²) >= 11 is 0. The van der Waals surface area contributed by atoms with Crippen LogP contribution >= 0.6 is 0 Å². The van der Waals surface area contributed by atoms with Gasteiger partial charge in [0, 0.05) is 30.1 Å². The van der Waals surface area contributed by atoms with Gasteiger partial charge in [0.05, 0.1) is 12.7 Å². The zero-order chi connectivity index (χ0) is 20.3. The SMILES string of the molecule is COCC(=N)[C@H]1CCC2C3C[C@H](C)C4=C/C(=N/O)C=C[C@]4(C)[C@H]3C(O)C[C@@]21C. The summed E-state index contributed by atoms with van der Waals surface area (Å²) in [6.07, 6.45) is 9.66. The largest absolute Gasteiger partial charge is 0.410 e. The van der Waals surface area contributed by atoms with Gasteiger partial charge in [0.25, 0.3) is 0 Å². The Morgan fingerprint density at radius 1 is 1.36 bits per heavy atom. The Morgan fingerprint density at radius 2 is 2.11 bits per heavy atom. The van der Waals surface area contributed by atoms with E-state index in [-0.39, 0.29) is 28.8 Å². The molecule has 0 bridgehead atoms. The Bertz CT molecular complexity index is 757. The molecule has 0 aromatic heterocycles. The molecule has 5 nitrogen and oxygen atoms in total. The highest BCUT2D eigenvalue weighted by atomic mass is 16.5. The van der Waals surface area contributed by atoms with Crippen molar-refractivity contribution < 1.29 is 15.1 Å². The van der Waals surface area contributed by atoms with Crippen molar-refractivity contribution >= 4 is 11.4 Å². The van der Waals surface area contributed by atoms with E-state index in [4.69, 9.17) is 10.1 Å². The lowest BCUT2D eigenvalue weighted by Gasteiger charge is -2.60. The van der Waals surface area contributed by atoms with Crippen molar-refractivity contribution in [2.45, 2.75) is 52.6 Å². The molecule has 0 saturated heterocycles. The normalized spacial score (nSPS) is 48.6. The highest BCUT2D eigenvalue weighted by molar-refractivity contribution is 6.05. The van der Waals surface area contributed by atoms with Crippen LogP contribution < -0.4 is 0 Å². The number of fused-ring (bicyclic) bond motifs is 5. The van der Waals surface area contributed by atoms with Gasteiger partial charge in [-0.25, -0.2) is 0 Å². The first-order valence-electron chi connectivity index (χ1n) is 10.6. The van der Waals surface area contributed by atoms with Gasteiger partial charge in [-0.15, -0.1) is 0 Å². The van der Waals surface area contributed by atoms with Crippen LogP contribution in [-0.2, 0) is 4.74 Å². The Kier molecular flexibility index (Phi) is 4.82. The molecule has 4 aliphatic carbocycles. The minimum absolute atomic E-state index is 0.0242. The van der Waals surface area contributed by atoms with Crippen LogP contribution in [0.5, 0.6) is 0 Å². The topological polar surface area (TPSA) is 85.9 Å². The smallest absolute Gasteiger partial charge is 0.102 e. The third-order valence-corrected chi connectivity index (χ3v) is 8.66. The summed E-state index contributed by atoms with van der Waals surface area (Å²) in [7, 11) is 1.66. The number of allylic oxidation sites excluding steroid dienone is 4. The molecular formula is C23H34N2O3. The Hall–Kier alpha value is -1.46. The van der Waals surface area contributed by atoms with Crippen LogP contribution in [0.4, 0.5) is 0 Å². The fraction of sp³-hybridized carbons (Fsp3) is 0.739. The zero-order valence-electron chi connectivity index (χ0n) is 17.5. The van der Waals surface area contributed by atoms with Crippen molar-refractivity contribution in [2.24, 2.45) is 45.6 Å². The second-order valence-electron chi connectivity index (χ2n) is 10.0. The predicted octanol–water partition coefficient (Wildman–Crippen LogP) is 4.05. The minimum Gasteiger partial charge on any atom is -0.410 e. The highest BCUT2D eigenvalue weighted by Crippen LogP contribution is 2.66. The van der Waals surface area contributed by atoms with Crippen molar-refractivity contribution in [2.75, 3.05) is 13.7 Å². The molecule has 154 valence electrons. The zero-order valence-corrected chi connectivity index (χ0v) is 17.5. The van der Waals surface area contributed by atoms with Gasteiger partial charge in [0.2, 0.25) is 0 Å². The van der Waals surface area contributed by atoms with Crippen LogP contribution in [0.3, 0.4) is 0 Å². The lowest BCUT2D eigenvalue weighted by molar-refractivity contribution is -0.115. The van der Waals surface area contributed by atoms with Crippen LogP contribution in [0.25, 0.3) is 0 Å². The minimum atomic E-state index is -0.389. The Morgan fingerprint density at radius 3 is 2.79 bits per heavy atom. The van der Waals surface area contributed by atoms with E-state index >= 15 is 0 Å². The first kappa shape index (κ1) is 19.8. The number of aliphatic hydroxyl groups excluding tert-OH is 1. The first-order chi connectivity index (χ1) is 13.3. The first-order valence-corrected chi connectivity index (χ1v) is 10.6. The maximum absolute atomic E-state index is 11.4. The van der Waals surface area contributed by atoms with E-state index < -0.39 is 0 Å². The van der Waals surface area contributed by atoms with E-state index in [1.807, 2.05) is 12.2 Å². The van der Waals surface area contributed by atoms with Crippen LogP contribution in [0, 0.1) is 45.8 Å². The maximum atomic E-state index is 11.4. The number of ether oxygens (including phenoxy) is 1. The van der Waals surface area contributed by atoms with Gasteiger partial charge < -0.3 is 20.5 Å². The average molecular weight is 387 g/mol. The van der Waals surface area contributed by atoms with Crippen molar-refractivity contribution in [3.05, 3.63) is 23.8 Å². The molecule has 3 fully saturated rings. The van der Waals surface area contributed by atoms with Gasteiger partial charge in [-0.05, 0) is 61.0 Å². The number of methoxy groups -OCH3 is 1. The fourth-order valence-corrected chi connectivity index (χ4v) is 7.65. The second kappa shape index (κ2) is 6.81. The molecule has 0 heterocycles. The van der Waals surface area contributed by atoms with Gasteiger partial charge in [-0.3, -0.25) is 0 Å². The molecule has 8 atom stereocenters. The summed E-state index contributed by atoms with van der Waals surface area (Å²) in [5, 5.41) is 32.6. The molecule has 0 amide bonds. The standard InChI is InChI=1S/C23H34N2O3/c1-13-9-15-16-5-6-17(19(24)12-28-4)23(16,3)11-20(26)21(15)22(2)8-7-14(25-27)10-18(13)22/h7-8,10,13,15-17,20-21,24,26-27H,5-6,9,11-12H2,1-4H3/b24-19?,25-14+/t13-,15?,16?,17+,20?,21+,22-,23-/m0/s1. The van der Waals surface area contributed by atoms with Crippen molar-refractivity contribution in [1.82, 2.24) is 0 Å². The Balaban J connectivity index is 1.71. The number of oxime groups is 1. The van der Waals surface area contributed by atoms with E-state index in [0.29, 0.717) is 35.8 Å². The number of hydrogen-bond acceptors (Lipinski definition) is 5. The molecule has 3 unspecified atom stereocenters. The summed E-state index contributed by atoms with van der Waals surface area (Å²) in [5.74, 6) is 1.76. The Labute approximate surface area is 168 Å². The molecule has 0 radical (unpaired) electrons. The van der Waals surface area contributed by atoms with E-state index in [1.54, 1.807) is 7.11 Å². The third kappa shape index (κ3) is 2.66. The van der Waals surface area contributed by atoms with Crippen LogP contribution in [0.15, 0.2) is 29.0 Å². The lowest BCUT2D eigenvalue weighted by Crippen LogP contribution is -2.57. The molecular weight excluding hydrogens is 352 g/mol. The average Bonchev–Trinajstić information content (AvgIpc) is 2.98. The number of nitrogens with one attached hydrogen (secondary N) is 1. The van der Waals surface area contributed by atoms with E-state index in [2.05, 4.69) is 32.0 Å². The lowest BCUT2D eigenvalue weighted by atomic mass is 9.45. The molecule has 3 N–H and O–H groups in total. The maximum Gasteiger partial charge on any atom is 0.102 e. The van der Waals surface area contributed by atoms with Gasteiger partial charge >= 0.3 is 0 Å². The number of hydrogen-bond donors (Lipinski definition) is 3. The summed E-state index contributed by atoms with van der Waals surface area (Å²) in [4.78, 5) is 0. The van der Waals surface area contributed by atoms with Crippen LogP contribution in [0.2, 0.25) is 0 Å². The molecule has 28 heavy (non-hydrogen) atoms. The van der Waals surface area contributed by atoms with E-state index in [1.165, 1.54) is 5.57 Å². The molecule has 4 rings (SSSR count). The van der Waals surface area contributed by atoms with Crippen molar-refractivity contribution in [1.29, 1.82) is 5.41 Å². The predicted molar refractivity (Wildman–Crippen MR) is 110 cm³/mol. The van der Waals surface area contributed by atoms with E-state index in [9.17, 15) is 10.3 Å². The van der Waals surface area contributed by atoms with Gasteiger partial charge in [-0.2, -0.15) is 0 Å². The summed E-state index contributed by atoms with van der Waals surface area (Å²) in [5.41, 5.74) is 2.35. The molecule has 0 aliphatic heterocycles. The summed E-state index contributed by atoms with van der Waals surface area (Å²) in [6, 6.07) is 0. The fourth-order valence-electron chi connectivity index (χ4n) is 7.65. The van der Waals surface area contributed by atoms with Gasteiger partial charge in [0.1, 0.15) is 5.71 Å². The van der Waals surface area contributed by atoms with Gasteiger partial charge in [0.15, 0.2) is 0 Å². The summed E-state index contributed by atoms with van der Waals surface area (Å²) < 4.78 is 5.26. The van der Waals surface area contributed by atoms with Crippen LogP contribution in [-0.4, -0.2) is 41.6 Å². The molecule has 3 saturated carbocycles. The van der Waals surface area contributed by atoms with Crippen molar-refractivity contribution in [3.63, 3.8) is 0 Å². The molecule has 0 aromatic carbocycles. The molecule has 4 aliphatic rings.